The zero-order chi connectivity index (χ0) is 19.1. The zero-order valence-electron chi connectivity index (χ0n) is 15.1. The third-order valence-corrected chi connectivity index (χ3v) is 4.63. The third-order valence-electron chi connectivity index (χ3n) is 4.13. The van der Waals surface area contributed by atoms with Crippen molar-refractivity contribution in [3.8, 4) is 0 Å². The number of piperazine rings is 1. The topological polar surface area (TPSA) is 81.6 Å². The van der Waals surface area contributed by atoms with Crippen molar-refractivity contribution in [3.05, 3.63) is 40.8 Å². The lowest BCUT2D eigenvalue weighted by atomic mass is 10.3. The fourth-order valence-electron chi connectivity index (χ4n) is 2.80. The molecule has 0 atom stereocenters. The lowest BCUT2D eigenvalue weighted by molar-refractivity contribution is 0.371. The van der Waals surface area contributed by atoms with E-state index in [-0.39, 0.29) is 0 Å². The second-order valence-corrected chi connectivity index (χ2v) is 6.75. The maximum Gasteiger partial charge on any atom is 0.225 e. The van der Waals surface area contributed by atoms with Crippen LogP contribution in [0.2, 0.25) is 10.0 Å². The van der Waals surface area contributed by atoms with Crippen LogP contribution >= 0.6 is 23.2 Å². The standard InChI is InChI=1S/C17H22Cl2N8/c1-20-16(24-6-5-21-15-14(19)11-13(18)12-25-15)26-7-9-27(10-8-26)17-22-3-2-4-23-17/h2-4,11-12H,5-10H2,1H3,(H,20,24)(H,21,25). The molecule has 0 aromatic carbocycles. The van der Waals surface area contributed by atoms with E-state index in [0.717, 1.165) is 38.1 Å². The SMILES string of the molecule is CN=C(NCCNc1ncc(Cl)cc1Cl)N1CCN(c2ncccn2)CC1. The first kappa shape index (κ1) is 19.4. The first-order valence-electron chi connectivity index (χ1n) is 8.70. The number of anilines is 2. The summed E-state index contributed by atoms with van der Waals surface area (Å²) in [5, 5.41) is 7.57. The van der Waals surface area contributed by atoms with Crippen molar-refractivity contribution in [1.29, 1.82) is 0 Å². The van der Waals surface area contributed by atoms with Gasteiger partial charge in [-0.2, -0.15) is 0 Å². The Bertz CT molecular complexity index is 763. The Labute approximate surface area is 168 Å². The molecule has 0 spiro atoms. The largest absolute Gasteiger partial charge is 0.367 e. The number of nitrogens with one attached hydrogen (secondary N) is 2. The lowest BCUT2D eigenvalue weighted by Crippen LogP contribution is -2.53. The molecule has 1 aliphatic heterocycles. The third kappa shape index (κ3) is 5.33. The molecule has 0 amide bonds. The molecule has 2 aromatic heterocycles. The Morgan fingerprint density at radius 1 is 1.11 bits per heavy atom. The van der Waals surface area contributed by atoms with Crippen LogP contribution in [0.5, 0.6) is 0 Å². The molecule has 3 rings (SSSR count). The number of aliphatic imine (C=N–C) groups is 1. The number of nitrogens with zero attached hydrogens (tertiary/aromatic N) is 6. The first-order chi connectivity index (χ1) is 13.2. The van der Waals surface area contributed by atoms with Gasteiger partial charge in [0.15, 0.2) is 5.96 Å². The fraction of sp³-hybridized carbons (Fsp3) is 0.412. The molecule has 27 heavy (non-hydrogen) atoms. The van der Waals surface area contributed by atoms with E-state index in [1.165, 1.54) is 0 Å². The maximum atomic E-state index is 6.11. The summed E-state index contributed by atoms with van der Waals surface area (Å²) < 4.78 is 0. The highest BCUT2D eigenvalue weighted by molar-refractivity contribution is 6.35. The van der Waals surface area contributed by atoms with Crippen LogP contribution in [-0.4, -0.2) is 72.1 Å². The van der Waals surface area contributed by atoms with Crippen LogP contribution in [-0.2, 0) is 0 Å². The summed E-state index contributed by atoms with van der Waals surface area (Å²) in [6.45, 7) is 4.77. The second kappa shape index (κ2) is 9.57. The number of guanidine groups is 1. The summed E-state index contributed by atoms with van der Waals surface area (Å²) in [5.74, 6) is 2.27. The van der Waals surface area contributed by atoms with Crippen LogP contribution in [0.4, 0.5) is 11.8 Å². The smallest absolute Gasteiger partial charge is 0.225 e. The highest BCUT2D eigenvalue weighted by Crippen LogP contribution is 2.22. The Morgan fingerprint density at radius 3 is 2.52 bits per heavy atom. The highest BCUT2D eigenvalue weighted by atomic mass is 35.5. The number of halogens is 2. The van der Waals surface area contributed by atoms with Gasteiger partial charge in [0, 0.05) is 64.9 Å². The van der Waals surface area contributed by atoms with Crippen LogP contribution in [0.25, 0.3) is 0 Å². The van der Waals surface area contributed by atoms with Crippen molar-refractivity contribution in [3.63, 3.8) is 0 Å². The predicted molar refractivity (Wildman–Crippen MR) is 110 cm³/mol. The average Bonchev–Trinajstić information content (AvgIpc) is 2.70. The predicted octanol–water partition coefficient (Wildman–Crippen LogP) is 1.99. The van der Waals surface area contributed by atoms with Gasteiger partial charge >= 0.3 is 0 Å². The maximum absolute atomic E-state index is 6.11. The first-order valence-corrected chi connectivity index (χ1v) is 9.45. The molecule has 0 unspecified atom stereocenters. The van der Waals surface area contributed by atoms with Gasteiger partial charge in [-0.25, -0.2) is 15.0 Å². The van der Waals surface area contributed by atoms with E-state index in [1.54, 1.807) is 31.7 Å². The van der Waals surface area contributed by atoms with Crippen molar-refractivity contribution in [2.24, 2.45) is 4.99 Å². The second-order valence-electron chi connectivity index (χ2n) is 5.91. The Hall–Kier alpha value is -2.32. The van der Waals surface area contributed by atoms with Crippen LogP contribution in [0.3, 0.4) is 0 Å². The zero-order valence-corrected chi connectivity index (χ0v) is 16.6. The van der Waals surface area contributed by atoms with Gasteiger partial charge in [0.2, 0.25) is 5.95 Å². The van der Waals surface area contributed by atoms with Gasteiger partial charge in [-0.05, 0) is 12.1 Å². The lowest BCUT2D eigenvalue weighted by Gasteiger charge is -2.36. The van der Waals surface area contributed by atoms with E-state index < -0.39 is 0 Å². The van der Waals surface area contributed by atoms with Crippen molar-refractivity contribution < 1.29 is 0 Å². The molecular weight excluding hydrogens is 387 g/mol. The number of hydrogen-bond donors (Lipinski definition) is 2. The quantitative estimate of drug-likeness (QED) is 0.444. The van der Waals surface area contributed by atoms with Crippen molar-refractivity contribution in [2.45, 2.75) is 0 Å². The van der Waals surface area contributed by atoms with Gasteiger partial charge in [0.25, 0.3) is 0 Å². The molecule has 1 aliphatic rings. The summed E-state index contributed by atoms with van der Waals surface area (Å²) in [6, 6.07) is 3.49. The van der Waals surface area contributed by atoms with E-state index in [9.17, 15) is 0 Å². The van der Waals surface area contributed by atoms with Crippen LogP contribution < -0.4 is 15.5 Å². The van der Waals surface area contributed by atoms with Crippen LogP contribution in [0.15, 0.2) is 35.7 Å². The molecule has 1 fully saturated rings. The van der Waals surface area contributed by atoms with Crippen molar-refractivity contribution in [2.75, 3.05) is 56.5 Å². The summed E-state index contributed by atoms with van der Waals surface area (Å²) in [4.78, 5) is 21.6. The molecule has 0 radical (unpaired) electrons. The molecule has 3 heterocycles. The molecule has 0 saturated carbocycles. The number of pyridine rings is 1. The van der Waals surface area contributed by atoms with Gasteiger partial charge in [0.1, 0.15) is 5.82 Å². The van der Waals surface area contributed by atoms with Crippen LogP contribution in [0.1, 0.15) is 0 Å². The summed E-state index contributed by atoms with van der Waals surface area (Å²) in [6.07, 6.45) is 5.10. The Kier molecular flexibility index (Phi) is 6.89. The van der Waals surface area contributed by atoms with Crippen molar-refractivity contribution in [1.82, 2.24) is 25.2 Å². The van der Waals surface area contributed by atoms with E-state index in [2.05, 4.69) is 40.4 Å². The van der Waals surface area contributed by atoms with Crippen molar-refractivity contribution >= 4 is 40.9 Å². The molecule has 8 nitrogen and oxygen atoms in total. The molecule has 0 aliphatic carbocycles. The van der Waals surface area contributed by atoms with Gasteiger partial charge < -0.3 is 20.4 Å². The highest BCUT2D eigenvalue weighted by Gasteiger charge is 2.20. The molecule has 2 N–H and O–H groups in total. The summed E-state index contributed by atoms with van der Waals surface area (Å²) in [5.41, 5.74) is 0. The van der Waals surface area contributed by atoms with Gasteiger partial charge in [-0.15, -0.1) is 0 Å². The minimum atomic E-state index is 0.506. The van der Waals surface area contributed by atoms with Gasteiger partial charge in [-0.3, -0.25) is 4.99 Å². The Morgan fingerprint density at radius 2 is 1.85 bits per heavy atom. The van der Waals surface area contributed by atoms with Gasteiger partial charge in [0.05, 0.1) is 10.0 Å². The van der Waals surface area contributed by atoms with E-state index in [0.29, 0.717) is 29.0 Å². The average molecular weight is 409 g/mol. The number of aromatic nitrogens is 3. The fourth-order valence-corrected chi connectivity index (χ4v) is 3.25. The molecule has 144 valence electrons. The minimum absolute atomic E-state index is 0.506. The van der Waals surface area contributed by atoms with E-state index in [4.69, 9.17) is 23.2 Å². The Balaban J connectivity index is 1.43. The monoisotopic (exact) mass is 408 g/mol. The molecule has 10 heteroatoms. The molecule has 2 aromatic rings. The normalized spacial score (nSPS) is 15.0. The molecule has 0 bridgehead atoms. The minimum Gasteiger partial charge on any atom is -0.367 e. The number of rotatable bonds is 5. The van der Waals surface area contributed by atoms with E-state index >= 15 is 0 Å². The van der Waals surface area contributed by atoms with Crippen LogP contribution in [0, 0.1) is 0 Å². The summed E-state index contributed by atoms with van der Waals surface area (Å²) >= 11 is 12.0. The molecule has 1 saturated heterocycles. The number of hydrogen-bond acceptors (Lipinski definition) is 6. The van der Waals surface area contributed by atoms with E-state index in [1.807, 2.05) is 6.07 Å². The summed E-state index contributed by atoms with van der Waals surface area (Å²) in [7, 11) is 1.79. The van der Waals surface area contributed by atoms with Gasteiger partial charge in [-0.1, -0.05) is 23.2 Å². The molecular formula is C17H22Cl2N8.